The average Bonchev–Trinajstić information content (AvgIpc) is 2.75. The van der Waals surface area contributed by atoms with Crippen LogP contribution in [-0.2, 0) is 0 Å². The van der Waals surface area contributed by atoms with E-state index in [4.69, 9.17) is 14.2 Å². The predicted molar refractivity (Wildman–Crippen MR) is 127 cm³/mol. The first kappa shape index (κ1) is 22.0. The van der Waals surface area contributed by atoms with Gasteiger partial charge < -0.3 is 19.5 Å². The molecule has 3 aromatic rings. The summed E-state index contributed by atoms with van der Waals surface area (Å²) >= 11 is 2.15. The Hall–Kier alpha value is -2.74. The van der Waals surface area contributed by atoms with Crippen LogP contribution in [0, 0.1) is 10.5 Å². The molecular weight excluding hydrogens is 493 g/mol. The van der Waals surface area contributed by atoms with E-state index in [2.05, 4.69) is 27.9 Å². The van der Waals surface area contributed by atoms with E-state index in [1.54, 1.807) is 19.2 Å². The number of benzene rings is 3. The van der Waals surface area contributed by atoms with E-state index in [-0.39, 0.29) is 5.91 Å². The van der Waals surface area contributed by atoms with Gasteiger partial charge in [0.25, 0.3) is 5.91 Å². The van der Waals surface area contributed by atoms with Crippen molar-refractivity contribution in [3.63, 3.8) is 0 Å². The molecule has 3 rings (SSSR count). The minimum absolute atomic E-state index is 0.222. The number of hydrogen-bond donors (Lipinski definition) is 1. The van der Waals surface area contributed by atoms with Gasteiger partial charge >= 0.3 is 0 Å². The molecule has 0 saturated carbocycles. The van der Waals surface area contributed by atoms with Crippen molar-refractivity contribution >= 4 is 34.2 Å². The Balaban J connectivity index is 1.69. The number of methoxy groups -OCH3 is 1. The minimum atomic E-state index is -0.222. The fourth-order valence-corrected chi connectivity index (χ4v) is 3.50. The maximum absolute atomic E-state index is 12.7. The standard InChI is InChI=1S/C24H24INO4/c1-4-13-29-23-21(25)14-17(15-22(23)28-3)24(27)26-18-7-11-20(12-8-18)30-19-9-5-16(2)6-10-19/h5-12,14-15H,4,13H2,1-3H3,(H,26,27). The molecule has 0 radical (unpaired) electrons. The summed E-state index contributed by atoms with van der Waals surface area (Å²) in [5, 5.41) is 2.90. The van der Waals surface area contributed by atoms with E-state index >= 15 is 0 Å². The number of anilines is 1. The number of rotatable bonds is 8. The Kier molecular flexibility index (Phi) is 7.57. The summed E-state index contributed by atoms with van der Waals surface area (Å²) in [6, 6.07) is 18.6. The highest BCUT2D eigenvalue weighted by Crippen LogP contribution is 2.34. The van der Waals surface area contributed by atoms with Crippen molar-refractivity contribution in [3.8, 4) is 23.0 Å². The highest BCUT2D eigenvalue weighted by molar-refractivity contribution is 14.1. The highest BCUT2D eigenvalue weighted by Gasteiger charge is 2.16. The Bertz CT molecular complexity index is 1000. The van der Waals surface area contributed by atoms with Crippen molar-refractivity contribution in [2.45, 2.75) is 20.3 Å². The molecule has 0 aromatic heterocycles. The van der Waals surface area contributed by atoms with Crippen LogP contribution in [0.5, 0.6) is 23.0 Å². The average molecular weight is 517 g/mol. The summed E-state index contributed by atoms with van der Waals surface area (Å²) in [6.07, 6.45) is 0.894. The minimum Gasteiger partial charge on any atom is -0.493 e. The van der Waals surface area contributed by atoms with Crippen LogP contribution in [0.2, 0.25) is 0 Å². The Labute approximate surface area is 190 Å². The second kappa shape index (κ2) is 10.3. The normalized spacial score (nSPS) is 10.4. The summed E-state index contributed by atoms with van der Waals surface area (Å²) in [5.41, 5.74) is 2.35. The molecule has 0 atom stereocenters. The first-order chi connectivity index (χ1) is 14.5. The number of ether oxygens (including phenoxy) is 3. The summed E-state index contributed by atoms with van der Waals surface area (Å²) in [6.45, 7) is 4.66. The van der Waals surface area contributed by atoms with E-state index in [0.717, 1.165) is 15.7 Å². The Morgan fingerprint density at radius 1 is 1.00 bits per heavy atom. The summed E-state index contributed by atoms with van der Waals surface area (Å²) in [7, 11) is 1.57. The third-order valence-corrected chi connectivity index (χ3v) is 5.11. The zero-order valence-electron chi connectivity index (χ0n) is 17.2. The molecule has 0 aliphatic carbocycles. The lowest BCUT2D eigenvalue weighted by atomic mass is 10.1. The van der Waals surface area contributed by atoms with Crippen LogP contribution in [0.1, 0.15) is 29.3 Å². The van der Waals surface area contributed by atoms with E-state index in [0.29, 0.717) is 35.1 Å². The molecule has 0 bridgehead atoms. The molecular formula is C24H24INO4. The first-order valence-corrected chi connectivity index (χ1v) is 10.7. The van der Waals surface area contributed by atoms with Gasteiger partial charge in [0.2, 0.25) is 0 Å². The van der Waals surface area contributed by atoms with Crippen molar-refractivity contribution in [1.29, 1.82) is 0 Å². The molecule has 156 valence electrons. The largest absolute Gasteiger partial charge is 0.493 e. The van der Waals surface area contributed by atoms with Crippen LogP contribution in [-0.4, -0.2) is 19.6 Å². The van der Waals surface area contributed by atoms with Gasteiger partial charge in [0.15, 0.2) is 11.5 Å². The predicted octanol–water partition coefficient (Wildman–Crippen LogP) is 6.44. The van der Waals surface area contributed by atoms with Gasteiger partial charge in [-0.3, -0.25) is 4.79 Å². The van der Waals surface area contributed by atoms with Gasteiger partial charge in [0.05, 0.1) is 17.3 Å². The summed E-state index contributed by atoms with van der Waals surface area (Å²) < 4.78 is 17.8. The van der Waals surface area contributed by atoms with Crippen LogP contribution in [0.4, 0.5) is 5.69 Å². The van der Waals surface area contributed by atoms with E-state index in [1.807, 2.05) is 62.4 Å². The number of halogens is 1. The molecule has 5 nitrogen and oxygen atoms in total. The monoisotopic (exact) mass is 517 g/mol. The quantitative estimate of drug-likeness (QED) is 0.350. The molecule has 30 heavy (non-hydrogen) atoms. The van der Waals surface area contributed by atoms with Gasteiger partial charge in [-0.1, -0.05) is 24.6 Å². The van der Waals surface area contributed by atoms with E-state index in [9.17, 15) is 4.79 Å². The maximum Gasteiger partial charge on any atom is 0.255 e. The fourth-order valence-electron chi connectivity index (χ4n) is 2.75. The smallest absolute Gasteiger partial charge is 0.255 e. The molecule has 0 aliphatic heterocycles. The van der Waals surface area contributed by atoms with Crippen molar-refractivity contribution in [1.82, 2.24) is 0 Å². The van der Waals surface area contributed by atoms with Gasteiger partial charge in [-0.25, -0.2) is 0 Å². The van der Waals surface area contributed by atoms with Crippen molar-refractivity contribution in [3.05, 3.63) is 75.4 Å². The Morgan fingerprint density at radius 3 is 2.23 bits per heavy atom. The second-order valence-electron chi connectivity index (χ2n) is 6.73. The molecule has 1 amide bonds. The number of carbonyl (C=O) groups is 1. The summed E-state index contributed by atoms with van der Waals surface area (Å²) in [4.78, 5) is 12.7. The van der Waals surface area contributed by atoms with Crippen LogP contribution in [0.15, 0.2) is 60.7 Å². The van der Waals surface area contributed by atoms with E-state index < -0.39 is 0 Å². The third-order valence-electron chi connectivity index (χ3n) is 4.31. The maximum atomic E-state index is 12.7. The number of carbonyl (C=O) groups excluding carboxylic acids is 1. The van der Waals surface area contributed by atoms with Gasteiger partial charge in [-0.15, -0.1) is 0 Å². The van der Waals surface area contributed by atoms with Crippen LogP contribution in [0.25, 0.3) is 0 Å². The van der Waals surface area contributed by atoms with Crippen LogP contribution < -0.4 is 19.5 Å². The van der Waals surface area contributed by atoms with Gasteiger partial charge in [0, 0.05) is 11.3 Å². The van der Waals surface area contributed by atoms with Gasteiger partial charge in [-0.05, 0) is 84.5 Å². The lowest BCUT2D eigenvalue weighted by Crippen LogP contribution is -2.13. The van der Waals surface area contributed by atoms with E-state index in [1.165, 1.54) is 5.56 Å². The lowest BCUT2D eigenvalue weighted by molar-refractivity contribution is 0.102. The molecule has 1 N–H and O–H groups in total. The van der Waals surface area contributed by atoms with Gasteiger partial charge in [0.1, 0.15) is 11.5 Å². The molecule has 6 heteroatoms. The van der Waals surface area contributed by atoms with Crippen LogP contribution in [0.3, 0.4) is 0 Å². The molecule has 0 saturated heterocycles. The SMILES string of the molecule is CCCOc1c(I)cc(C(=O)Nc2ccc(Oc3ccc(C)cc3)cc2)cc1OC. The van der Waals surface area contributed by atoms with Crippen molar-refractivity contribution < 1.29 is 19.0 Å². The van der Waals surface area contributed by atoms with Crippen molar-refractivity contribution in [2.75, 3.05) is 19.0 Å². The number of aryl methyl sites for hydroxylation is 1. The first-order valence-electron chi connectivity index (χ1n) is 9.66. The topological polar surface area (TPSA) is 56.8 Å². The van der Waals surface area contributed by atoms with Gasteiger partial charge in [-0.2, -0.15) is 0 Å². The molecule has 0 heterocycles. The second-order valence-corrected chi connectivity index (χ2v) is 7.89. The number of amides is 1. The lowest BCUT2D eigenvalue weighted by Gasteiger charge is -2.14. The molecule has 0 fully saturated rings. The fraction of sp³-hybridized carbons (Fsp3) is 0.208. The molecule has 3 aromatic carbocycles. The molecule has 0 spiro atoms. The number of nitrogens with one attached hydrogen (secondary N) is 1. The molecule has 0 aliphatic rings. The summed E-state index contributed by atoms with van der Waals surface area (Å²) in [5.74, 6) is 2.45. The third kappa shape index (κ3) is 5.66. The zero-order valence-corrected chi connectivity index (χ0v) is 19.4. The zero-order chi connectivity index (χ0) is 21.5. The van der Waals surface area contributed by atoms with Crippen molar-refractivity contribution in [2.24, 2.45) is 0 Å². The highest BCUT2D eigenvalue weighted by atomic mass is 127. The Morgan fingerprint density at radius 2 is 1.63 bits per heavy atom. The number of hydrogen-bond acceptors (Lipinski definition) is 4. The molecule has 0 unspecified atom stereocenters. The van der Waals surface area contributed by atoms with Crippen LogP contribution >= 0.6 is 22.6 Å².